The van der Waals surface area contributed by atoms with Gasteiger partial charge in [-0.15, -0.1) is 0 Å². The van der Waals surface area contributed by atoms with Crippen molar-refractivity contribution < 1.29 is 7.53 Å². The fraction of sp³-hybridized carbons (Fsp3) is 0.400. The SMILES string of the molecule is CCC(C)[O][Ge]([O]C(C)CC)([c]1ccccc1)[c]1ccccc1. The van der Waals surface area contributed by atoms with Crippen molar-refractivity contribution in [3.63, 3.8) is 0 Å². The van der Waals surface area contributed by atoms with Gasteiger partial charge in [0.1, 0.15) is 0 Å². The van der Waals surface area contributed by atoms with Crippen LogP contribution in [0.4, 0.5) is 0 Å². The monoisotopic (exact) mass is 374 g/mol. The molecule has 0 saturated carbocycles. The Bertz CT molecular complexity index is 517. The Kier molecular flexibility index (Phi) is 6.88. The zero-order chi connectivity index (χ0) is 16.7. The van der Waals surface area contributed by atoms with Crippen molar-refractivity contribution in [3.05, 3.63) is 60.7 Å². The van der Waals surface area contributed by atoms with Crippen LogP contribution in [0, 0.1) is 0 Å². The van der Waals surface area contributed by atoms with E-state index in [2.05, 4.69) is 76.2 Å². The van der Waals surface area contributed by atoms with Crippen LogP contribution < -0.4 is 8.79 Å². The molecule has 0 saturated heterocycles. The van der Waals surface area contributed by atoms with E-state index in [-0.39, 0.29) is 12.2 Å². The standard InChI is InChI=1S/C20H28GeO2/c1-5-17(3)22-21(23-18(4)6-2,19-13-9-7-10-14-19)20-15-11-8-12-16-20/h7-18H,5-6H2,1-4H3. The topological polar surface area (TPSA) is 18.5 Å². The van der Waals surface area contributed by atoms with Crippen LogP contribution >= 0.6 is 0 Å². The second-order valence-electron chi connectivity index (χ2n) is 6.02. The third kappa shape index (κ3) is 4.46. The van der Waals surface area contributed by atoms with Crippen molar-refractivity contribution in [3.8, 4) is 0 Å². The molecule has 2 atom stereocenters. The fourth-order valence-electron chi connectivity index (χ4n) is 2.52. The van der Waals surface area contributed by atoms with Gasteiger partial charge in [0.2, 0.25) is 0 Å². The molecule has 23 heavy (non-hydrogen) atoms. The van der Waals surface area contributed by atoms with Crippen molar-refractivity contribution in [2.75, 3.05) is 0 Å². The van der Waals surface area contributed by atoms with Gasteiger partial charge in [0, 0.05) is 0 Å². The van der Waals surface area contributed by atoms with E-state index in [1.807, 2.05) is 12.1 Å². The molecule has 0 N–H and O–H groups in total. The van der Waals surface area contributed by atoms with Crippen molar-refractivity contribution in [1.82, 2.24) is 0 Å². The summed E-state index contributed by atoms with van der Waals surface area (Å²) in [6, 6.07) is 21.1. The predicted octanol–water partition coefficient (Wildman–Crippen LogP) is 3.87. The minimum atomic E-state index is -3.36. The molecule has 0 fully saturated rings. The number of hydrogen-bond acceptors (Lipinski definition) is 2. The molecule has 0 aliphatic carbocycles. The molecule has 0 bridgehead atoms. The van der Waals surface area contributed by atoms with E-state index in [0.717, 1.165) is 12.8 Å². The molecule has 2 nitrogen and oxygen atoms in total. The van der Waals surface area contributed by atoms with Crippen LogP contribution in [0.25, 0.3) is 0 Å². The van der Waals surface area contributed by atoms with Crippen molar-refractivity contribution in [2.24, 2.45) is 0 Å². The van der Waals surface area contributed by atoms with E-state index in [0.29, 0.717) is 0 Å². The van der Waals surface area contributed by atoms with Gasteiger partial charge in [-0.1, -0.05) is 0 Å². The maximum absolute atomic E-state index is 6.70. The Morgan fingerprint density at radius 2 is 1.04 bits per heavy atom. The first-order chi connectivity index (χ1) is 11.1. The van der Waals surface area contributed by atoms with E-state index in [1.165, 1.54) is 8.79 Å². The number of rotatable bonds is 8. The first-order valence-electron chi connectivity index (χ1n) is 8.59. The van der Waals surface area contributed by atoms with Crippen molar-refractivity contribution in [1.29, 1.82) is 0 Å². The summed E-state index contributed by atoms with van der Waals surface area (Å²) in [5.41, 5.74) is 0. The Balaban J connectivity index is 2.57. The van der Waals surface area contributed by atoms with Gasteiger partial charge < -0.3 is 0 Å². The van der Waals surface area contributed by atoms with Crippen LogP contribution in [-0.4, -0.2) is 26.1 Å². The molecule has 0 aliphatic heterocycles. The van der Waals surface area contributed by atoms with Crippen LogP contribution in [-0.2, 0) is 7.53 Å². The zero-order valence-corrected chi connectivity index (χ0v) is 16.8. The maximum atomic E-state index is 6.70. The molecule has 124 valence electrons. The summed E-state index contributed by atoms with van der Waals surface area (Å²) in [4.78, 5) is 0. The third-order valence-corrected chi connectivity index (χ3v) is 11.9. The average molecular weight is 373 g/mol. The van der Waals surface area contributed by atoms with Crippen LogP contribution in [0.3, 0.4) is 0 Å². The number of hydrogen-bond donors (Lipinski definition) is 0. The van der Waals surface area contributed by atoms with Crippen LogP contribution in [0.15, 0.2) is 60.7 Å². The summed E-state index contributed by atoms with van der Waals surface area (Å²) < 4.78 is 15.8. The predicted molar refractivity (Wildman–Crippen MR) is 99.6 cm³/mol. The molecule has 2 aromatic carbocycles. The summed E-state index contributed by atoms with van der Waals surface area (Å²) in [6.45, 7) is 8.62. The molecular formula is C20H28GeO2. The molecule has 2 rings (SSSR count). The zero-order valence-electron chi connectivity index (χ0n) is 14.7. The van der Waals surface area contributed by atoms with Crippen molar-refractivity contribution >= 4 is 22.7 Å². The van der Waals surface area contributed by atoms with Crippen molar-refractivity contribution in [2.45, 2.75) is 52.7 Å². The Morgan fingerprint density at radius 3 is 1.35 bits per heavy atom. The van der Waals surface area contributed by atoms with Gasteiger partial charge >= 0.3 is 144 Å². The van der Waals surface area contributed by atoms with E-state index >= 15 is 0 Å². The normalized spacial score (nSPS) is 14.4. The van der Waals surface area contributed by atoms with Crippen LogP contribution in [0.5, 0.6) is 0 Å². The molecule has 0 spiro atoms. The molecule has 2 unspecified atom stereocenters. The van der Waals surface area contributed by atoms with Gasteiger partial charge in [0.05, 0.1) is 0 Å². The fourth-order valence-corrected chi connectivity index (χ4v) is 10.2. The summed E-state index contributed by atoms with van der Waals surface area (Å²) >= 11 is -3.36. The van der Waals surface area contributed by atoms with E-state index in [9.17, 15) is 0 Å². The second-order valence-corrected chi connectivity index (χ2v) is 12.0. The molecule has 2 aromatic rings. The first-order valence-corrected chi connectivity index (χ1v) is 12.4. The summed E-state index contributed by atoms with van der Waals surface area (Å²) in [5, 5.41) is 0. The molecular weight excluding hydrogens is 345 g/mol. The van der Waals surface area contributed by atoms with Gasteiger partial charge in [0.25, 0.3) is 0 Å². The van der Waals surface area contributed by atoms with Gasteiger partial charge in [-0.2, -0.15) is 0 Å². The molecule has 0 radical (unpaired) electrons. The molecule has 0 amide bonds. The molecule has 0 aromatic heterocycles. The van der Waals surface area contributed by atoms with Gasteiger partial charge in [-0.25, -0.2) is 0 Å². The minimum absolute atomic E-state index is 0.180. The average Bonchev–Trinajstić information content (AvgIpc) is 2.62. The molecule has 0 heterocycles. The quantitative estimate of drug-likeness (QED) is 0.655. The van der Waals surface area contributed by atoms with Crippen LogP contribution in [0.1, 0.15) is 40.5 Å². The number of benzene rings is 2. The molecule has 0 aliphatic rings. The van der Waals surface area contributed by atoms with E-state index < -0.39 is 13.9 Å². The summed E-state index contributed by atoms with van der Waals surface area (Å²) in [6.07, 6.45) is 2.33. The Morgan fingerprint density at radius 1 is 0.696 bits per heavy atom. The third-order valence-electron chi connectivity index (χ3n) is 4.19. The Labute approximate surface area is 143 Å². The Hall–Kier alpha value is -1.10. The van der Waals surface area contributed by atoms with Gasteiger partial charge in [-0.05, 0) is 0 Å². The van der Waals surface area contributed by atoms with Gasteiger partial charge in [-0.3, -0.25) is 0 Å². The van der Waals surface area contributed by atoms with Crippen LogP contribution in [0.2, 0.25) is 0 Å². The second kappa shape index (κ2) is 8.67. The van der Waals surface area contributed by atoms with E-state index in [4.69, 9.17) is 7.53 Å². The van der Waals surface area contributed by atoms with E-state index in [1.54, 1.807) is 0 Å². The summed E-state index contributed by atoms with van der Waals surface area (Å²) in [7, 11) is 0. The summed E-state index contributed by atoms with van der Waals surface area (Å²) in [5.74, 6) is 0. The van der Waals surface area contributed by atoms with Gasteiger partial charge in [0.15, 0.2) is 0 Å². The first kappa shape index (κ1) is 18.2. The molecule has 3 heteroatoms.